The van der Waals surface area contributed by atoms with Crippen LogP contribution >= 0.6 is 11.6 Å². The van der Waals surface area contributed by atoms with E-state index in [1.807, 2.05) is 4.90 Å². The van der Waals surface area contributed by atoms with Crippen molar-refractivity contribution < 1.29 is 4.79 Å². The lowest BCUT2D eigenvalue weighted by atomic mass is 10.2. The standard InChI is InChI=1S/C12H15ClN4O2/c13-10-9(6-14-16-12(10)19)17-5-1-2-8(17)11(18)15-7-3-4-7/h6-8H,1-5H2,(H,15,18)(H,16,19)/t8-/m0/s1. The van der Waals surface area contributed by atoms with Gasteiger partial charge in [-0.2, -0.15) is 5.10 Å². The highest BCUT2D eigenvalue weighted by Gasteiger charge is 2.35. The first-order valence-electron chi connectivity index (χ1n) is 6.47. The van der Waals surface area contributed by atoms with Gasteiger partial charge in [0.1, 0.15) is 11.1 Å². The molecule has 1 saturated heterocycles. The zero-order chi connectivity index (χ0) is 13.4. The van der Waals surface area contributed by atoms with Crippen LogP contribution < -0.4 is 15.8 Å². The van der Waals surface area contributed by atoms with Crippen LogP contribution in [0.1, 0.15) is 25.7 Å². The normalized spacial score (nSPS) is 22.6. The summed E-state index contributed by atoms with van der Waals surface area (Å²) in [4.78, 5) is 25.5. The van der Waals surface area contributed by atoms with E-state index in [0.717, 1.165) is 25.7 Å². The van der Waals surface area contributed by atoms with Gasteiger partial charge in [-0.25, -0.2) is 5.10 Å². The maximum atomic E-state index is 12.2. The molecule has 7 heteroatoms. The molecule has 3 rings (SSSR count). The number of anilines is 1. The molecule has 0 aromatic carbocycles. The number of nitrogens with zero attached hydrogens (tertiary/aromatic N) is 2. The van der Waals surface area contributed by atoms with Gasteiger partial charge >= 0.3 is 0 Å². The van der Waals surface area contributed by atoms with E-state index in [1.54, 1.807) is 0 Å². The Labute approximate surface area is 115 Å². The van der Waals surface area contributed by atoms with Gasteiger partial charge in [0, 0.05) is 12.6 Å². The van der Waals surface area contributed by atoms with Crippen LogP contribution in [0.2, 0.25) is 5.02 Å². The molecule has 0 unspecified atom stereocenters. The van der Waals surface area contributed by atoms with Crippen molar-refractivity contribution in [2.75, 3.05) is 11.4 Å². The first kappa shape index (κ1) is 12.5. The number of carbonyl (C=O) groups is 1. The molecular weight excluding hydrogens is 268 g/mol. The van der Waals surface area contributed by atoms with E-state index in [9.17, 15) is 9.59 Å². The third kappa shape index (κ3) is 2.45. The third-order valence-corrected chi connectivity index (χ3v) is 3.93. The fraction of sp³-hybridized carbons (Fsp3) is 0.583. The zero-order valence-electron chi connectivity index (χ0n) is 10.4. The SMILES string of the molecule is O=C(NC1CC1)[C@@H]1CCCN1c1cn[nH]c(=O)c1Cl. The number of amides is 1. The number of hydrogen-bond donors (Lipinski definition) is 2. The van der Waals surface area contributed by atoms with Crippen molar-refractivity contribution in [1.29, 1.82) is 0 Å². The van der Waals surface area contributed by atoms with E-state index >= 15 is 0 Å². The summed E-state index contributed by atoms with van der Waals surface area (Å²) < 4.78 is 0. The Hall–Kier alpha value is -1.56. The molecule has 1 aliphatic carbocycles. The highest BCUT2D eigenvalue weighted by atomic mass is 35.5. The second-order valence-electron chi connectivity index (χ2n) is 5.03. The highest BCUT2D eigenvalue weighted by Crippen LogP contribution is 2.29. The molecule has 0 radical (unpaired) electrons. The zero-order valence-corrected chi connectivity index (χ0v) is 11.1. The smallest absolute Gasteiger partial charge is 0.285 e. The van der Waals surface area contributed by atoms with Crippen LogP contribution in [0.15, 0.2) is 11.0 Å². The number of rotatable bonds is 3. The monoisotopic (exact) mass is 282 g/mol. The summed E-state index contributed by atoms with van der Waals surface area (Å²) in [6, 6.07) is 0.0874. The lowest BCUT2D eigenvalue weighted by Gasteiger charge is -2.26. The number of halogens is 1. The van der Waals surface area contributed by atoms with Crippen LogP contribution in [0.5, 0.6) is 0 Å². The molecule has 1 aromatic rings. The Bertz CT molecular complexity index is 555. The summed E-state index contributed by atoms with van der Waals surface area (Å²) in [5.74, 6) is 0.0244. The summed E-state index contributed by atoms with van der Waals surface area (Å²) in [5, 5.41) is 9.14. The molecule has 1 amide bonds. The molecule has 1 atom stereocenters. The molecule has 19 heavy (non-hydrogen) atoms. The second kappa shape index (κ2) is 4.85. The van der Waals surface area contributed by atoms with Crippen LogP contribution in [-0.2, 0) is 4.79 Å². The van der Waals surface area contributed by atoms with Crippen molar-refractivity contribution in [3.8, 4) is 0 Å². The predicted octanol–water partition coefficient (Wildman–Crippen LogP) is 0.671. The maximum Gasteiger partial charge on any atom is 0.285 e. The summed E-state index contributed by atoms with van der Waals surface area (Å²) in [7, 11) is 0. The topological polar surface area (TPSA) is 78.1 Å². The van der Waals surface area contributed by atoms with E-state index in [2.05, 4.69) is 15.5 Å². The Balaban J connectivity index is 1.83. The quantitative estimate of drug-likeness (QED) is 0.854. The summed E-state index contributed by atoms with van der Waals surface area (Å²) >= 11 is 6.00. The highest BCUT2D eigenvalue weighted by molar-refractivity contribution is 6.33. The molecule has 6 nitrogen and oxygen atoms in total. The first-order valence-corrected chi connectivity index (χ1v) is 6.85. The Morgan fingerprint density at radius 3 is 3.00 bits per heavy atom. The van der Waals surface area contributed by atoms with Gasteiger partial charge < -0.3 is 10.2 Å². The predicted molar refractivity (Wildman–Crippen MR) is 71.4 cm³/mol. The molecule has 1 saturated carbocycles. The molecule has 0 spiro atoms. The molecule has 2 heterocycles. The minimum atomic E-state index is -0.424. The molecule has 2 N–H and O–H groups in total. The van der Waals surface area contributed by atoms with E-state index in [4.69, 9.17) is 11.6 Å². The number of hydrogen-bond acceptors (Lipinski definition) is 4. The van der Waals surface area contributed by atoms with Crippen molar-refractivity contribution in [2.24, 2.45) is 0 Å². The van der Waals surface area contributed by atoms with Crippen molar-refractivity contribution in [1.82, 2.24) is 15.5 Å². The fourth-order valence-corrected chi connectivity index (χ4v) is 2.63. The van der Waals surface area contributed by atoms with Crippen LogP contribution in [0.25, 0.3) is 0 Å². The van der Waals surface area contributed by atoms with Gasteiger partial charge in [-0.3, -0.25) is 9.59 Å². The van der Waals surface area contributed by atoms with Gasteiger partial charge in [-0.15, -0.1) is 0 Å². The maximum absolute atomic E-state index is 12.2. The van der Waals surface area contributed by atoms with Crippen LogP contribution in [-0.4, -0.2) is 34.7 Å². The van der Waals surface area contributed by atoms with E-state index < -0.39 is 5.56 Å². The largest absolute Gasteiger partial charge is 0.357 e. The molecule has 102 valence electrons. The van der Waals surface area contributed by atoms with E-state index in [-0.39, 0.29) is 17.0 Å². The van der Waals surface area contributed by atoms with Crippen LogP contribution in [0, 0.1) is 0 Å². The van der Waals surface area contributed by atoms with Crippen molar-refractivity contribution in [3.63, 3.8) is 0 Å². The van der Waals surface area contributed by atoms with Crippen LogP contribution in [0.4, 0.5) is 5.69 Å². The second-order valence-corrected chi connectivity index (χ2v) is 5.41. The first-order chi connectivity index (χ1) is 9.16. The fourth-order valence-electron chi connectivity index (χ4n) is 2.43. The average Bonchev–Trinajstić information content (AvgIpc) is 3.06. The molecular formula is C12H15ClN4O2. The lowest BCUT2D eigenvalue weighted by molar-refractivity contribution is -0.122. The Kier molecular flexibility index (Phi) is 3.18. The molecule has 2 fully saturated rings. The number of nitrogens with one attached hydrogen (secondary N) is 2. The van der Waals surface area contributed by atoms with Gasteiger partial charge in [-0.05, 0) is 25.7 Å². The number of aromatic amines is 1. The molecule has 1 aromatic heterocycles. The summed E-state index contributed by atoms with van der Waals surface area (Å²) in [6.07, 6.45) is 5.32. The van der Waals surface area contributed by atoms with Crippen LogP contribution in [0.3, 0.4) is 0 Å². The minimum Gasteiger partial charge on any atom is -0.357 e. The van der Waals surface area contributed by atoms with E-state index in [0.29, 0.717) is 18.3 Å². The van der Waals surface area contributed by atoms with Gasteiger partial charge in [0.2, 0.25) is 5.91 Å². The molecule has 2 aliphatic rings. The van der Waals surface area contributed by atoms with E-state index in [1.165, 1.54) is 6.20 Å². The third-order valence-electron chi connectivity index (χ3n) is 3.57. The van der Waals surface area contributed by atoms with Crippen molar-refractivity contribution in [2.45, 2.75) is 37.8 Å². The Morgan fingerprint density at radius 2 is 2.26 bits per heavy atom. The van der Waals surface area contributed by atoms with Gasteiger partial charge in [-0.1, -0.05) is 11.6 Å². The van der Waals surface area contributed by atoms with Crippen molar-refractivity contribution in [3.05, 3.63) is 21.6 Å². The molecule has 0 bridgehead atoms. The summed E-state index contributed by atoms with van der Waals surface area (Å²) in [5.41, 5.74) is 0.117. The van der Waals surface area contributed by atoms with Crippen molar-refractivity contribution >= 4 is 23.2 Å². The minimum absolute atomic E-state index is 0.0244. The number of H-pyrrole nitrogens is 1. The number of carbonyl (C=O) groups excluding carboxylic acids is 1. The lowest BCUT2D eigenvalue weighted by Crippen LogP contribution is -2.44. The summed E-state index contributed by atoms with van der Waals surface area (Å²) in [6.45, 7) is 0.716. The van der Waals surface area contributed by atoms with Gasteiger partial charge in [0.25, 0.3) is 5.56 Å². The van der Waals surface area contributed by atoms with Gasteiger partial charge in [0.05, 0.1) is 11.9 Å². The molecule has 1 aliphatic heterocycles. The number of aromatic nitrogens is 2. The average molecular weight is 283 g/mol. The van der Waals surface area contributed by atoms with Gasteiger partial charge in [0.15, 0.2) is 0 Å². The Morgan fingerprint density at radius 1 is 1.47 bits per heavy atom.